The van der Waals surface area contributed by atoms with Crippen LogP contribution in [0.1, 0.15) is 45.1 Å². The lowest BCUT2D eigenvalue weighted by Gasteiger charge is -2.40. The second-order valence-electron chi connectivity index (χ2n) is 6.55. The molecule has 0 spiro atoms. The number of benzene rings is 1. The van der Waals surface area contributed by atoms with Crippen molar-refractivity contribution in [3.63, 3.8) is 0 Å². The van der Waals surface area contributed by atoms with Gasteiger partial charge in [0.05, 0.1) is 17.2 Å². The fourth-order valence-corrected chi connectivity index (χ4v) is 3.08. The summed E-state index contributed by atoms with van der Waals surface area (Å²) >= 11 is 3.45. The Hall–Kier alpha value is -1.05. The highest BCUT2D eigenvalue weighted by molar-refractivity contribution is 9.10. The van der Waals surface area contributed by atoms with E-state index in [1.807, 2.05) is 6.07 Å². The molecule has 0 aromatic heterocycles. The monoisotopic (exact) mass is 336 g/mol. The molecule has 0 heterocycles. The van der Waals surface area contributed by atoms with E-state index in [4.69, 9.17) is 5.26 Å². The van der Waals surface area contributed by atoms with Crippen LogP contribution in [-0.4, -0.2) is 17.3 Å². The Kier molecular flexibility index (Phi) is 4.41. The summed E-state index contributed by atoms with van der Waals surface area (Å²) in [5, 5.41) is 22.8. The van der Waals surface area contributed by atoms with E-state index in [0.717, 1.165) is 35.8 Å². The van der Waals surface area contributed by atoms with Gasteiger partial charge in [-0.3, -0.25) is 0 Å². The second kappa shape index (κ2) is 5.75. The van der Waals surface area contributed by atoms with Gasteiger partial charge in [0.1, 0.15) is 0 Å². The minimum Gasteiger partial charge on any atom is -0.388 e. The van der Waals surface area contributed by atoms with Gasteiger partial charge in [-0.2, -0.15) is 5.26 Å². The SMILES string of the molecule is CC1(C)CCC(O)(CNc2ccc(C#N)cc2Br)CC1. The third-order valence-corrected chi connectivity index (χ3v) is 4.90. The molecule has 20 heavy (non-hydrogen) atoms. The summed E-state index contributed by atoms with van der Waals surface area (Å²) in [6.45, 7) is 5.07. The Bertz CT molecular complexity index is 524. The van der Waals surface area contributed by atoms with Crippen LogP contribution in [0.4, 0.5) is 5.69 Å². The molecule has 1 fully saturated rings. The number of hydrogen-bond acceptors (Lipinski definition) is 3. The summed E-state index contributed by atoms with van der Waals surface area (Å²) < 4.78 is 0.858. The van der Waals surface area contributed by atoms with Crippen molar-refractivity contribution in [1.29, 1.82) is 5.26 Å². The molecular weight excluding hydrogens is 316 g/mol. The van der Waals surface area contributed by atoms with Crippen molar-refractivity contribution < 1.29 is 5.11 Å². The number of nitriles is 1. The molecule has 0 amide bonds. The highest BCUT2D eigenvalue weighted by atomic mass is 79.9. The van der Waals surface area contributed by atoms with Gasteiger partial charge in [0.15, 0.2) is 0 Å². The van der Waals surface area contributed by atoms with E-state index in [0.29, 0.717) is 17.5 Å². The first-order valence-electron chi connectivity index (χ1n) is 7.00. The molecule has 108 valence electrons. The van der Waals surface area contributed by atoms with Crippen LogP contribution in [0.15, 0.2) is 22.7 Å². The molecule has 1 aromatic rings. The predicted octanol–water partition coefficient (Wildman–Crippen LogP) is 4.06. The first-order chi connectivity index (χ1) is 9.34. The lowest BCUT2D eigenvalue weighted by Crippen LogP contribution is -2.42. The average Bonchev–Trinajstić information content (AvgIpc) is 2.41. The molecule has 0 unspecified atom stereocenters. The van der Waals surface area contributed by atoms with Crippen LogP contribution >= 0.6 is 15.9 Å². The number of aliphatic hydroxyl groups is 1. The standard InChI is InChI=1S/C16H21BrN2O/c1-15(2)5-7-16(20,8-6-15)11-19-14-4-3-12(10-18)9-13(14)17/h3-4,9,19-20H,5-8,11H2,1-2H3. The summed E-state index contributed by atoms with van der Waals surface area (Å²) in [7, 11) is 0. The quantitative estimate of drug-likeness (QED) is 0.874. The molecule has 4 heteroatoms. The first-order valence-corrected chi connectivity index (χ1v) is 7.79. The van der Waals surface area contributed by atoms with Crippen LogP contribution in [0.5, 0.6) is 0 Å². The molecule has 0 bridgehead atoms. The van der Waals surface area contributed by atoms with E-state index in [2.05, 4.69) is 41.2 Å². The second-order valence-corrected chi connectivity index (χ2v) is 7.40. The van der Waals surface area contributed by atoms with Gasteiger partial charge in [0.25, 0.3) is 0 Å². The number of nitrogens with one attached hydrogen (secondary N) is 1. The van der Waals surface area contributed by atoms with Gasteiger partial charge in [0.2, 0.25) is 0 Å². The van der Waals surface area contributed by atoms with Crippen LogP contribution < -0.4 is 5.32 Å². The van der Waals surface area contributed by atoms with Crippen LogP contribution in [0.3, 0.4) is 0 Å². The van der Waals surface area contributed by atoms with Crippen molar-refractivity contribution >= 4 is 21.6 Å². The maximum absolute atomic E-state index is 10.6. The highest BCUT2D eigenvalue weighted by Crippen LogP contribution is 2.40. The summed E-state index contributed by atoms with van der Waals surface area (Å²) in [6.07, 6.45) is 3.78. The van der Waals surface area contributed by atoms with Crippen LogP contribution in [-0.2, 0) is 0 Å². The lowest BCUT2D eigenvalue weighted by atomic mass is 9.71. The van der Waals surface area contributed by atoms with E-state index < -0.39 is 5.60 Å². The van der Waals surface area contributed by atoms with Crippen molar-refractivity contribution in [1.82, 2.24) is 0 Å². The zero-order valence-corrected chi connectivity index (χ0v) is 13.6. The Labute approximate surface area is 129 Å². The topological polar surface area (TPSA) is 56.0 Å². The molecule has 0 aliphatic heterocycles. The Morgan fingerprint density at radius 2 is 1.95 bits per heavy atom. The molecule has 1 aliphatic carbocycles. The highest BCUT2D eigenvalue weighted by Gasteiger charge is 2.36. The van der Waals surface area contributed by atoms with Crippen molar-refractivity contribution in [2.24, 2.45) is 5.41 Å². The van der Waals surface area contributed by atoms with Gasteiger partial charge in [-0.25, -0.2) is 0 Å². The number of nitrogens with zero attached hydrogens (tertiary/aromatic N) is 1. The molecule has 1 aliphatic rings. The van der Waals surface area contributed by atoms with E-state index in [1.54, 1.807) is 12.1 Å². The molecule has 0 radical (unpaired) electrons. The molecule has 2 rings (SSSR count). The van der Waals surface area contributed by atoms with E-state index in [9.17, 15) is 5.11 Å². The summed E-state index contributed by atoms with van der Waals surface area (Å²) in [5.41, 5.74) is 1.27. The number of anilines is 1. The van der Waals surface area contributed by atoms with Gasteiger partial charge in [-0.15, -0.1) is 0 Å². The third-order valence-electron chi connectivity index (χ3n) is 4.24. The molecular formula is C16H21BrN2O. The maximum Gasteiger partial charge on any atom is 0.0992 e. The van der Waals surface area contributed by atoms with Crippen molar-refractivity contribution in [3.05, 3.63) is 28.2 Å². The smallest absolute Gasteiger partial charge is 0.0992 e. The van der Waals surface area contributed by atoms with Gasteiger partial charge in [-0.05, 0) is 65.2 Å². The van der Waals surface area contributed by atoms with Crippen molar-refractivity contribution in [2.45, 2.75) is 45.1 Å². The van der Waals surface area contributed by atoms with Gasteiger partial charge in [0, 0.05) is 16.7 Å². The molecule has 3 nitrogen and oxygen atoms in total. The minimum absolute atomic E-state index is 0.348. The van der Waals surface area contributed by atoms with Crippen LogP contribution in [0.2, 0.25) is 0 Å². The molecule has 0 atom stereocenters. The van der Waals surface area contributed by atoms with E-state index >= 15 is 0 Å². The van der Waals surface area contributed by atoms with Crippen molar-refractivity contribution in [2.75, 3.05) is 11.9 Å². The van der Waals surface area contributed by atoms with Gasteiger partial charge < -0.3 is 10.4 Å². The lowest BCUT2D eigenvalue weighted by molar-refractivity contribution is -0.0145. The van der Waals surface area contributed by atoms with E-state index in [-0.39, 0.29) is 0 Å². The average molecular weight is 337 g/mol. The minimum atomic E-state index is -0.622. The van der Waals surface area contributed by atoms with Crippen LogP contribution in [0.25, 0.3) is 0 Å². The molecule has 1 aromatic carbocycles. The summed E-state index contributed by atoms with van der Waals surface area (Å²) in [6, 6.07) is 7.55. The summed E-state index contributed by atoms with van der Waals surface area (Å²) in [4.78, 5) is 0. The molecule has 0 saturated heterocycles. The number of rotatable bonds is 3. The summed E-state index contributed by atoms with van der Waals surface area (Å²) in [5.74, 6) is 0. The molecule has 1 saturated carbocycles. The fraction of sp³-hybridized carbons (Fsp3) is 0.562. The third kappa shape index (κ3) is 3.74. The first kappa shape index (κ1) is 15.3. The fourth-order valence-electron chi connectivity index (χ4n) is 2.56. The molecule has 2 N–H and O–H groups in total. The van der Waals surface area contributed by atoms with Crippen LogP contribution in [0, 0.1) is 16.7 Å². The predicted molar refractivity (Wildman–Crippen MR) is 84.5 cm³/mol. The normalized spacial score (nSPS) is 20.1. The van der Waals surface area contributed by atoms with Gasteiger partial charge in [-0.1, -0.05) is 13.8 Å². The maximum atomic E-state index is 10.6. The zero-order chi connectivity index (χ0) is 14.8. The van der Waals surface area contributed by atoms with E-state index in [1.165, 1.54) is 0 Å². The largest absolute Gasteiger partial charge is 0.388 e. The van der Waals surface area contributed by atoms with Crippen molar-refractivity contribution in [3.8, 4) is 6.07 Å². The number of hydrogen-bond donors (Lipinski definition) is 2. The zero-order valence-electron chi connectivity index (χ0n) is 12.0. The Balaban J connectivity index is 1.97. The Morgan fingerprint density at radius 1 is 1.30 bits per heavy atom. The number of halogens is 1. The van der Waals surface area contributed by atoms with Gasteiger partial charge >= 0.3 is 0 Å². The Morgan fingerprint density at radius 3 is 2.50 bits per heavy atom.